The zero-order valence-electron chi connectivity index (χ0n) is 10.5. The Morgan fingerprint density at radius 2 is 2.05 bits per heavy atom. The highest BCUT2D eigenvalue weighted by molar-refractivity contribution is 5.35. The first-order chi connectivity index (χ1) is 9.33. The van der Waals surface area contributed by atoms with E-state index >= 15 is 0 Å². The fourth-order valence-electron chi connectivity index (χ4n) is 1.73. The number of nitrogens with zero attached hydrogens (tertiary/aromatic N) is 1. The number of anilines is 1. The molecule has 0 spiro atoms. The maximum atomic E-state index is 9.00. The number of pyridine rings is 1. The number of hydrazine groups is 1. The minimum Gasteiger partial charge on any atom is -0.489 e. The van der Waals surface area contributed by atoms with Crippen LogP contribution in [0, 0.1) is 0 Å². The van der Waals surface area contributed by atoms with Crippen LogP contribution in [0.25, 0.3) is 0 Å². The normalized spacial score (nSPS) is 10.2. The summed E-state index contributed by atoms with van der Waals surface area (Å²) in [5.41, 5.74) is 4.43. The third-order valence-corrected chi connectivity index (χ3v) is 2.72. The number of para-hydroxylation sites is 1. The lowest BCUT2D eigenvalue weighted by Crippen LogP contribution is -2.08. The van der Waals surface area contributed by atoms with E-state index in [4.69, 9.17) is 15.7 Å². The van der Waals surface area contributed by atoms with E-state index in [0.717, 1.165) is 16.9 Å². The van der Waals surface area contributed by atoms with Gasteiger partial charge in [0, 0.05) is 18.4 Å². The van der Waals surface area contributed by atoms with Crippen LogP contribution in [-0.4, -0.2) is 16.7 Å². The van der Waals surface area contributed by atoms with Crippen molar-refractivity contribution in [2.24, 2.45) is 5.84 Å². The molecule has 100 valence electrons. The van der Waals surface area contributed by atoms with E-state index in [2.05, 4.69) is 10.4 Å². The lowest BCUT2D eigenvalue weighted by Gasteiger charge is -2.10. The number of hydrogen-bond acceptors (Lipinski definition) is 5. The SMILES string of the molecule is NNc1ccc(COc2ccccc2CCO)cn1. The van der Waals surface area contributed by atoms with Crippen LogP contribution >= 0.6 is 0 Å². The molecule has 0 radical (unpaired) electrons. The summed E-state index contributed by atoms with van der Waals surface area (Å²) in [6.07, 6.45) is 2.30. The van der Waals surface area contributed by atoms with Crippen LogP contribution in [0.3, 0.4) is 0 Å². The van der Waals surface area contributed by atoms with Gasteiger partial charge in [-0.05, 0) is 24.1 Å². The van der Waals surface area contributed by atoms with Gasteiger partial charge in [0.05, 0.1) is 0 Å². The van der Waals surface area contributed by atoms with Crippen molar-refractivity contribution in [2.45, 2.75) is 13.0 Å². The summed E-state index contributed by atoms with van der Waals surface area (Å²) in [7, 11) is 0. The number of nitrogens with one attached hydrogen (secondary N) is 1. The number of nitrogens with two attached hydrogens (primary N) is 1. The summed E-state index contributed by atoms with van der Waals surface area (Å²) in [5, 5.41) is 9.00. The van der Waals surface area contributed by atoms with Crippen molar-refractivity contribution in [2.75, 3.05) is 12.0 Å². The van der Waals surface area contributed by atoms with Crippen molar-refractivity contribution >= 4 is 5.82 Å². The Hall–Kier alpha value is -2.11. The highest BCUT2D eigenvalue weighted by Crippen LogP contribution is 2.19. The van der Waals surface area contributed by atoms with Gasteiger partial charge in [0.1, 0.15) is 18.2 Å². The number of aromatic nitrogens is 1. The first-order valence-electron chi connectivity index (χ1n) is 6.06. The van der Waals surface area contributed by atoms with Crippen molar-refractivity contribution in [3.8, 4) is 5.75 Å². The fourth-order valence-corrected chi connectivity index (χ4v) is 1.73. The summed E-state index contributed by atoms with van der Waals surface area (Å²) < 4.78 is 5.75. The predicted molar refractivity (Wildman–Crippen MR) is 73.6 cm³/mol. The summed E-state index contributed by atoms with van der Waals surface area (Å²) in [5.74, 6) is 6.66. The molecule has 0 unspecified atom stereocenters. The van der Waals surface area contributed by atoms with Gasteiger partial charge in [-0.25, -0.2) is 10.8 Å². The van der Waals surface area contributed by atoms with E-state index in [1.165, 1.54) is 0 Å². The number of aliphatic hydroxyl groups is 1. The molecule has 1 aromatic heterocycles. The van der Waals surface area contributed by atoms with Gasteiger partial charge in [0.2, 0.25) is 0 Å². The Morgan fingerprint density at radius 1 is 1.21 bits per heavy atom. The average Bonchev–Trinajstić information content (AvgIpc) is 2.47. The summed E-state index contributed by atoms with van der Waals surface area (Å²) >= 11 is 0. The van der Waals surface area contributed by atoms with Gasteiger partial charge in [-0.2, -0.15) is 0 Å². The fraction of sp³-hybridized carbons (Fsp3) is 0.214. The molecule has 0 aliphatic heterocycles. The number of benzene rings is 1. The van der Waals surface area contributed by atoms with Crippen LogP contribution in [0.4, 0.5) is 5.82 Å². The number of hydrogen-bond donors (Lipinski definition) is 3. The van der Waals surface area contributed by atoms with Crippen LogP contribution < -0.4 is 16.0 Å². The Kier molecular flexibility index (Phi) is 4.72. The maximum Gasteiger partial charge on any atom is 0.139 e. The number of nitrogen functional groups attached to an aromatic ring is 1. The molecule has 0 saturated heterocycles. The van der Waals surface area contributed by atoms with Crippen LogP contribution in [0.2, 0.25) is 0 Å². The Morgan fingerprint density at radius 3 is 2.74 bits per heavy atom. The first kappa shape index (κ1) is 13.3. The lowest BCUT2D eigenvalue weighted by molar-refractivity contribution is 0.284. The summed E-state index contributed by atoms with van der Waals surface area (Å²) in [6.45, 7) is 0.541. The van der Waals surface area contributed by atoms with E-state index in [9.17, 15) is 0 Å². The van der Waals surface area contributed by atoms with Crippen LogP contribution in [0.5, 0.6) is 5.75 Å². The molecule has 0 saturated carbocycles. The molecule has 0 aliphatic rings. The average molecular weight is 259 g/mol. The molecule has 0 fully saturated rings. The quantitative estimate of drug-likeness (QED) is 0.541. The maximum absolute atomic E-state index is 9.00. The minimum absolute atomic E-state index is 0.110. The second kappa shape index (κ2) is 6.72. The smallest absolute Gasteiger partial charge is 0.139 e. The summed E-state index contributed by atoms with van der Waals surface area (Å²) in [6, 6.07) is 11.4. The van der Waals surface area contributed by atoms with Gasteiger partial charge in [-0.15, -0.1) is 0 Å². The Balaban J connectivity index is 2.01. The minimum atomic E-state index is 0.110. The molecule has 1 heterocycles. The van der Waals surface area contributed by atoms with E-state index in [1.54, 1.807) is 12.3 Å². The van der Waals surface area contributed by atoms with E-state index in [1.807, 2.05) is 30.3 Å². The molecule has 0 bridgehead atoms. The molecule has 5 nitrogen and oxygen atoms in total. The van der Waals surface area contributed by atoms with Gasteiger partial charge in [-0.1, -0.05) is 24.3 Å². The third-order valence-electron chi connectivity index (χ3n) is 2.72. The van der Waals surface area contributed by atoms with E-state index < -0.39 is 0 Å². The molecule has 2 rings (SSSR count). The zero-order valence-corrected chi connectivity index (χ0v) is 10.5. The largest absolute Gasteiger partial charge is 0.489 e. The molecule has 0 amide bonds. The Bertz CT molecular complexity index is 514. The molecule has 4 N–H and O–H groups in total. The third kappa shape index (κ3) is 3.67. The van der Waals surface area contributed by atoms with E-state index in [0.29, 0.717) is 18.8 Å². The highest BCUT2D eigenvalue weighted by atomic mass is 16.5. The zero-order chi connectivity index (χ0) is 13.5. The second-order valence-electron chi connectivity index (χ2n) is 4.07. The van der Waals surface area contributed by atoms with Gasteiger partial charge in [0.15, 0.2) is 0 Å². The molecule has 2 aromatic rings. The number of ether oxygens (including phenoxy) is 1. The molecule has 5 heteroatoms. The highest BCUT2D eigenvalue weighted by Gasteiger charge is 2.03. The van der Waals surface area contributed by atoms with Crippen molar-refractivity contribution in [1.82, 2.24) is 4.98 Å². The monoisotopic (exact) mass is 259 g/mol. The summed E-state index contributed by atoms with van der Waals surface area (Å²) in [4.78, 5) is 4.11. The van der Waals surface area contributed by atoms with Crippen molar-refractivity contribution in [3.05, 3.63) is 53.7 Å². The standard InChI is InChI=1S/C14H17N3O2/c15-17-14-6-5-11(9-16-14)10-19-13-4-2-1-3-12(13)7-8-18/h1-6,9,18H,7-8,10,15H2,(H,16,17). The van der Waals surface area contributed by atoms with E-state index in [-0.39, 0.29) is 6.61 Å². The van der Waals surface area contributed by atoms with Gasteiger partial charge in [-0.3, -0.25) is 0 Å². The van der Waals surface area contributed by atoms with Gasteiger partial charge >= 0.3 is 0 Å². The van der Waals surface area contributed by atoms with Crippen LogP contribution in [0.1, 0.15) is 11.1 Å². The van der Waals surface area contributed by atoms with Crippen molar-refractivity contribution < 1.29 is 9.84 Å². The van der Waals surface area contributed by atoms with Gasteiger partial charge < -0.3 is 15.3 Å². The van der Waals surface area contributed by atoms with Crippen molar-refractivity contribution in [3.63, 3.8) is 0 Å². The Labute approximate surface area is 112 Å². The number of rotatable bonds is 6. The molecule has 19 heavy (non-hydrogen) atoms. The topological polar surface area (TPSA) is 80.4 Å². The second-order valence-corrected chi connectivity index (χ2v) is 4.07. The van der Waals surface area contributed by atoms with Crippen LogP contribution in [-0.2, 0) is 13.0 Å². The molecule has 0 aliphatic carbocycles. The molecular formula is C14H17N3O2. The van der Waals surface area contributed by atoms with Crippen molar-refractivity contribution in [1.29, 1.82) is 0 Å². The predicted octanol–water partition coefficient (Wildman–Crippen LogP) is 1.48. The molecule has 1 aromatic carbocycles. The van der Waals surface area contributed by atoms with Crippen LogP contribution in [0.15, 0.2) is 42.6 Å². The lowest BCUT2D eigenvalue weighted by atomic mass is 10.1. The molecular weight excluding hydrogens is 242 g/mol. The van der Waals surface area contributed by atoms with Gasteiger partial charge in [0.25, 0.3) is 0 Å². The number of aliphatic hydroxyl groups excluding tert-OH is 1. The molecule has 0 atom stereocenters. The first-order valence-corrected chi connectivity index (χ1v) is 6.06.